The third-order valence-corrected chi connectivity index (χ3v) is 2.84. The van der Waals surface area contributed by atoms with E-state index in [2.05, 4.69) is 10.1 Å². The summed E-state index contributed by atoms with van der Waals surface area (Å²) in [4.78, 5) is 22.3. The molecular formula is C11H20ClFN2NaO4-. The number of carbonyl (C=O) groups excluding carboxylic acids is 2. The van der Waals surface area contributed by atoms with Gasteiger partial charge in [0.1, 0.15) is 6.67 Å². The molecule has 0 amide bonds. The molecule has 2 fully saturated rings. The summed E-state index contributed by atoms with van der Waals surface area (Å²) in [7, 11) is 1.42. The Morgan fingerprint density at radius 1 is 1.45 bits per heavy atom. The minimum absolute atomic E-state index is 0. The van der Waals surface area contributed by atoms with Crippen molar-refractivity contribution in [2.24, 2.45) is 11.8 Å². The summed E-state index contributed by atoms with van der Waals surface area (Å²) in [6, 6.07) is 0. The van der Waals surface area contributed by atoms with Crippen LogP contribution in [0.2, 0.25) is 0 Å². The van der Waals surface area contributed by atoms with Crippen molar-refractivity contribution in [1.29, 1.82) is 0 Å². The van der Waals surface area contributed by atoms with Crippen molar-refractivity contribution in [3.63, 3.8) is 0 Å². The molecule has 0 saturated carbocycles. The van der Waals surface area contributed by atoms with Crippen LogP contribution in [0.25, 0.3) is 0 Å². The van der Waals surface area contributed by atoms with Gasteiger partial charge >= 0.3 is 35.5 Å². The van der Waals surface area contributed by atoms with E-state index in [0.717, 1.165) is 13.1 Å². The fourth-order valence-corrected chi connectivity index (χ4v) is 1.57. The molecule has 0 aliphatic carbocycles. The first-order valence-electron chi connectivity index (χ1n) is 5.65. The van der Waals surface area contributed by atoms with Crippen molar-refractivity contribution >= 4 is 24.7 Å². The minimum atomic E-state index is -0.314. The molecule has 20 heavy (non-hydrogen) atoms. The van der Waals surface area contributed by atoms with Crippen LogP contribution in [0.1, 0.15) is 0 Å². The maximum Gasteiger partial charge on any atom is 1.00 e. The van der Waals surface area contributed by atoms with E-state index in [9.17, 15) is 14.0 Å². The molecule has 6 nitrogen and oxygen atoms in total. The number of alkyl halides is 1. The normalized spacial score (nSPS) is 17.5. The van der Waals surface area contributed by atoms with Gasteiger partial charge in [0, 0.05) is 19.6 Å². The molecule has 0 radical (unpaired) electrons. The molecule has 2 saturated heterocycles. The van der Waals surface area contributed by atoms with Crippen molar-refractivity contribution in [3.8, 4) is 0 Å². The van der Waals surface area contributed by atoms with Crippen molar-refractivity contribution < 1.29 is 53.7 Å². The number of nitrogens with zero attached hydrogens (tertiary/aromatic N) is 1. The van der Waals surface area contributed by atoms with E-state index in [1.807, 2.05) is 11.2 Å². The van der Waals surface area contributed by atoms with Crippen LogP contribution in [-0.2, 0) is 14.3 Å². The van der Waals surface area contributed by atoms with Crippen LogP contribution in [0.5, 0.6) is 0 Å². The Morgan fingerprint density at radius 2 is 2.00 bits per heavy atom. The van der Waals surface area contributed by atoms with Crippen LogP contribution in [0.15, 0.2) is 0 Å². The Labute approximate surface area is 146 Å². The van der Waals surface area contributed by atoms with E-state index in [0.29, 0.717) is 19.6 Å². The predicted molar refractivity (Wildman–Crippen MR) is 69.2 cm³/mol. The van der Waals surface area contributed by atoms with Gasteiger partial charge in [0.2, 0.25) is 0 Å². The molecule has 0 aromatic heterocycles. The number of hydrogen-bond acceptors (Lipinski definition) is 6. The van der Waals surface area contributed by atoms with E-state index in [4.69, 9.17) is 0 Å². The molecule has 2 aliphatic rings. The number of carbonyl (C=O) groups is 1. The summed E-state index contributed by atoms with van der Waals surface area (Å²) >= 11 is 0. The summed E-state index contributed by atoms with van der Waals surface area (Å²) in [6.45, 7) is 3.13. The van der Waals surface area contributed by atoms with E-state index >= 15 is 0 Å². The minimum Gasteiger partial charge on any atom is -0.870 e. The number of hydrogen-bond donors (Lipinski definition) is 1. The molecule has 2 N–H and O–H groups in total. The third-order valence-electron chi connectivity index (χ3n) is 2.84. The van der Waals surface area contributed by atoms with Gasteiger partial charge in [-0.3, -0.25) is 11.1 Å². The molecule has 0 atom stereocenters. The van der Waals surface area contributed by atoms with Gasteiger partial charge in [-0.1, -0.05) is 0 Å². The summed E-state index contributed by atoms with van der Waals surface area (Å²) in [5, 5.41) is 2.98. The van der Waals surface area contributed by atoms with Crippen LogP contribution < -0.4 is 34.9 Å². The molecule has 2 heterocycles. The second-order valence-corrected chi connectivity index (χ2v) is 4.14. The second kappa shape index (κ2) is 14.2. The standard InChI is InChI=1S/C6H9FNO.C5H9NO2.ClH.Na.H2O/c7-1-2-8-3-6(4-8)5-9;1-8-5(7)4-2-6-3-4;;;/h6H,1-4H2;4,6H,2-3H2,1H3;1H;;1H2/q-1;;;+1;/p-1. The molecular weight excluding hydrogens is 302 g/mol. The average Bonchev–Trinajstić information content (AvgIpc) is 2.21. The summed E-state index contributed by atoms with van der Waals surface area (Å²) in [5.74, 6) is 0.0836. The van der Waals surface area contributed by atoms with E-state index in [1.165, 1.54) is 7.11 Å². The molecule has 0 aromatic rings. The first kappa shape index (κ1) is 25.2. The smallest absolute Gasteiger partial charge is 0.870 e. The fraction of sp³-hybridized carbons (Fsp3) is 0.818. The molecule has 2 rings (SSSR count). The van der Waals surface area contributed by atoms with Crippen LogP contribution in [0.4, 0.5) is 4.39 Å². The van der Waals surface area contributed by atoms with Crippen molar-refractivity contribution in [3.05, 3.63) is 0 Å². The van der Waals surface area contributed by atoms with E-state index in [-0.39, 0.29) is 71.9 Å². The predicted octanol–water partition coefficient (Wildman–Crippen LogP) is -3.37. The number of nitrogens with one attached hydrogen (secondary N) is 1. The Hall–Kier alpha value is 0.240. The van der Waals surface area contributed by atoms with Crippen LogP contribution in [0, 0.1) is 11.8 Å². The molecule has 2 aliphatic heterocycles. The van der Waals surface area contributed by atoms with E-state index < -0.39 is 0 Å². The van der Waals surface area contributed by atoms with E-state index in [1.54, 1.807) is 0 Å². The Kier molecular flexibility index (Phi) is 17.9. The monoisotopic (exact) mass is 321 g/mol. The first-order valence-corrected chi connectivity index (χ1v) is 5.65. The maximum absolute atomic E-state index is 11.6. The van der Waals surface area contributed by atoms with Gasteiger partial charge in [0.25, 0.3) is 0 Å². The third kappa shape index (κ3) is 8.51. The Morgan fingerprint density at radius 3 is 2.25 bits per heavy atom. The van der Waals surface area contributed by atoms with Crippen LogP contribution in [-0.4, -0.2) is 69.1 Å². The van der Waals surface area contributed by atoms with Crippen LogP contribution in [0.3, 0.4) is 0 Å². The summed E-state index contributed by atoms with van der Waals surface area (Å²) < 4.78 is 16.0. The van der Waals surface area contributed by atoms with Crippen LogP contribution >= 0.6 is 12.4 Å². The van der Waals surface area contributed by atoms with Crippen molar-refractivity contribution in [2.75, 3.05) is 46.5 Å². The topological polar surface area (TPSA) is 88.6 Å². The molecule has 0 bridgehead atoms. The number of methoxy groups -OCH3 is 1. The molecule has 0 spiro atoms. The zero-order chi connectivity index (χ0) is 12.7. The van der Waals surface area contributed by atoms with Crippen molar-refractivity contribution in [1.82, 2.24) is 10.2 Å². The van der Waals surface area contributed by atoms with Gasteiger partial charge in [0.05, 0.1) is 13.0 Å². The van der Waals surface area contributed by atoms with Crippen molar-refractivity contribution in [2.45, 2.75) is 0 Å². The van der Waals surface area contributed by atoms with Gasteiger partial charge in [-0.25, -0.2) is 4.39 Å². The van der Waals surface area contributed by atoms with Gasteiger partial charge in [0.15, 0.2) is 0 Å². The Bertz CT molecular complexity index is 267. The quantitative estimate of drug-likeness (QED) is 0.330. The number of rotatable bonds is 4. The molecule has 0 unspecified atom stereocenters. The molecule has 114 valence electrons. The number of ether oxygens (including phenoxy) is 1. The summed E-state index contributed by atoms with van der Waals surface area (Å²) in [6.07, 6.45) is 1.88. The first-order chi connectivity index (χ1) is 8.21. The SMILES string of the molecule is COC(=O)C1CNC1.Cl.O=[C-]C1CN(CCF)C1.[Na+].[OH-]. The summed E-state index contributed by atoms with van der Waals surface area (Å²) in [5.41, 5.74) is 0. The zero-order valence-corrected chi connectivity index (χ0v) is 14.6. The molecule has 0 aromatic carbocycles. The largest absolute Gasteiger partial charge is 1.00 e. The second-order valence-electron chi connectivity index (χ2n) is 4.14. The number of likely N-dealkylation sites (tertiary alicyclic amines) is 1. The van der Waals surface area contributed by atoms with Gasteiger partial charge in [-0.2, -0.15) is 0 Å². The zero-order valence-electron chi connectivity index (χ0n) is 11.8. The number of esters is 1. The Balaban J connectivity index is -0.000000252. The van der Waals surface area contributed by atoms with Gasteiger partial charge in [-0.15, -0.1) is 18.3 Å². The van der Waals surface area contributed by atoms with Gasteiger partial charge < -0.3 is 25.2 Å². The number of halogens is 2. The average molecular weight is 322 g/mol. The fourth-order valence-electron chi connectivity index (χ4n) is 1.57. The molecule has 9 heteroatoms. The van der Waals surface area contributed by atoms with Gasteiger partial charge in [-0.05, 0) is 13.1 Å². The maximum atomic E-state index is 11.6.